The second-order valence-electron chi connectivity index (χ2n) is 8.60. The summed E-state index contributed by atoms with van der Waals surface area (Å²) in [6, 6.07) is 5.23. The molecule has 2 aliphatic carbocycles. The van der Waals surface area contributed by atoms with Gasteiger partial charge in [-0.1, -0.05) is 19.9 Å². The molecule has 2 bridgehead atoms. The quantitative estimate of drug-likeness (QED) is 0.691. The highest BCUT2D eigenvalue weighted by Gasteiger charge is 2.66. The van der Waals surface area contributed by atoms with Gasteiger partial charge in [0.25, 0.3) is 5.91 Å². The zero-order valence-corrected chi connectivity index (χ0v) is 16.8. The van der Waals surface area contributed by atoms with Crippen LogP contribution in [0.2, 0.25) is 0 Å². The number of nitrogens with two attached hydrogens (primary N) is 1. The first-order valence-corrected chi connectivity index (χ1v) is 9.84. The van der Waals surface area contributed by atoms with Gasteiger partial charge in [-0.15, -0.1) is 5.10 Å². The molecule has 5 rings (SSSR count). The molecule has 2 aromatic heterocycles. The minimum atomic E-state index is -0.969. The maximum Gasteiger partial charge on any atom is 0.286 e. The molecule has 9 heteroatoms. The van der Waals surface area contributed by atoms with Crippen molar-refractivity contribution in [2.24, 2.45) is 11.1 Å². The molecule has 1 aromatic carbocycles. The lowest BCUT2D eigenvalue weighted by atomic mass is 9.66. The molecule has 2 atom stereocenters. The van der Waals surface area contributed by atoms with Gasteiger partial charge in [0.05, 0.1) is 34.3 Å². The van der Waals surface area contributed by atoms with E-state index in [0.29, 0.717) is 18.5 Å². The summed E-state index contributed by atoms with van der Waals surface area (Å²) in [5, 5.41) is 8.43. The van der Waals surface area contributed by atoms with Gasteiger partial charge in [0.2, 0.25) is 5.82 Å². The van der Waals surface area contributed by atoms with Crippen molar-refractivity contribution in [2.45, 2.75) is 38.0 Å². The summed E-state index contributed by atoms with van der Waals surface area (Å²) in [5.41, 5.74) is 4.93. The van der Waals surface area contributed by atoms with E-state index in [2.05, 4.69) is 20.2 Å². The van der Waals surface area contributed by atoms with Gasteiger partial charge in [0, 0.05) is 0 Å². The van der Waals surface area contributed by atoms with Gasteiger partial charge in [-0.3, -0.25) is 4.79 Å². The van der Waals surface area contributed by atoms with Gasteiger partial charge in [-0.05, 0) is 47.9 Å². The molecule has 158 valence electrons. The fraction of sp³-hybridized carbons (Fsp3) is 0.318. The summed E-state index contributed by atoms with van der Waals surface area (Å²) in [4.78, 5) is 19.5. The maximum atomic E-state index is 15.0. The number of carbonyl (C=O) groups excluding carboxylic acids is 1. The molecule has 1 fully saturated rings. The number of halogens is 3. The van der Waals surface area contributed by atoms with Crippen molar-refractivity contribution < 1.29 is 18.0 Å². The largest absolute Gasteiger partial charge is 0.363 e. The van der Waals surface area contributed by atoms with Crippen molar-refractivity contribution in [3.05, 3.63) is 70.7 Å². The highest BCUT2D eigenvalue weighted by molar-refractivity contribution is 5.88. The van der Waals surface area contributed by atoms with Crippen LogP contribution in [0.25, 0.3) is 11.3 Å². The summed E-state index contributed by atoms with van der Waals surface area (Å²) in [7, 11) is 0. The Morgan fingerprint density at radius 2 is 1.81 bits per heavy atom. The number of carbonyl (C=O) groups is 1. The van der Waals surface area contributed by atoms with E-state index in [4.69, 9.17) is 5.73 Å². The first-order valence-electron chi connectivity index (χ1n) is 9.84. The van der Waals surface area contributed by atoms with Gasteiger partial charge in [0.1, 0.15) is 11.6 Å². The van der Waals surface area contributed by atoms with Crippen LogP contribution in [-0.4, -0.2) is 26.1 Å². The Balaban J connectivity index is 1.75. The normalized spacial score (nSPS) is 23.1. The van der Waals surface area contributed by atoms with Gasteiger partial charge in [-0.25, -0.2) is 23.1 Å². The first-order chi connectivity index (χ1) is 14.7. The number of amides is 1. The smallest absolute Gasteiger partial charge is 0.286 e. The summed E-state index contributed by atoms with van der Waals surface area (Å²) >= 11 is 0. The fourth-order valence-electron chi connectivity index (χ4n) is 5.50. The standard InChI is InChI=1S/C22H18F3N5O/c1-21(2)11-6-7-22(21,18-14(25)9-27-20(28-18)19(26)31)17-10(11)8-15(29-30-17)16-12(23)4-3-5-13(16)24/h3-5,8-9,11H,6-7H2,1-2H3,(H2,26,31)/t11-,22-/m0/s1. The fourth-order valence-corrected chi connectivity index (χ4v) is 5.50. The SMILES string of the molecule is CC1(C)[C@H]2CC[C@@]1(c1nc(C(N)=O)ncc1F)c1nnc(-c3c(F)cccc3F)cc12. The zero-order chi connectivity index (χ0) is 22.1. The summed E-state index contributed by atoms with van der Waals surface area (Å²) < 4.78 is 43.6. The molecule has 2 aliphatic rings. The molecule has 31 heavy (non-hydrogen) atoms. The minimum Gasteiger partial charge on any atom is -0.363 e. The Bertz CT molecular complexity index is 1240. The van der Waals surface area contributed by atoms with Crippen LogP contribution in [0.1, 0.15) is 60.2 Å². The number of hydrogen-bond acceptors (Lipinski definition) is 5. The molecule has 0 spiro atoms. The molecule has 1 amide bonds. The van der Waals surface area contributed by atoms with Gasteiger partial charge < -0.3 is 5.73 Å². The molecular weight excluding hydrogens is 407 g/mol. The van der Waals surface area contributed by atoms with Crippen molar-refractivity contribution in [3.8, 4) is 11.3 Å². The lowest BCUT2D eigenvalue weighted by Crippen LogP contribution is -2.39. The Kier molecular flexibility index (Phi) is 3.99. The Morgan fingerprint density at radius 1 is 1.10 bits per heavy atom. The number of primary amides is 1. The number of fused-ring (bicyclic) bond motifs is 5. The van der Waals surface area contributed by atoms with Gasteiger partial charge in [0.15, 0.2) is 5.82 Å². The van der Waals surface area contributed by atoms with Crippen molar-refractivity contribution in [1.29, 1.82) is 0 Å². The highest BCUT2D eigenvalue weighted by atomic mass is 19.1. The summed E-state index contributed by atoms with van der Waals surface area (Å²) in [5.74, 6) is -3.34. The Hall–Kier alpha value is -3.36. The number of hydrogen-bond donors (Lipinski definition) is 1. The highest BCUT2D eigenvalue weighted by Crippen LogP contribution is 2.69. The van der Waals surface area contributed by atoms with Gasteiger partial charge in [-0.2, -0.15) is 5.10 Å². The van der Waals surface area contributed by atoms with Crippen molar-refractivity contribution in [3.63, 3.8) is 0 Å². The summed E-state index contributed by atoms with van der Waals surface area (Å²) in [6.07, 6.45) is 2.17. The van der Waals surface area contributed by atoms with E-state index < -0.39 is 34.2 Å². The van der Waals surface area contributed by atoms with E-state index in [1.54, 1.807) is 6.07 Å². The van der Waals surface area contributed by atoms with E-state index in [9.17, 15) is 18.0 Å². The molecule has 0 aliphatic heterocycles. The molecule has 2 N–H and O–H groups in total. The zero-order valence-electron chi connectivity index (χ0n) is 16.8. The van der Waals surface area contributed by atoms with Crippen LogP contribution in [0, 0.1) is 22.9 Å². The van der Waals surface area contributed by atoms with Crippen molar-refractivity contribution >= 4 is 5.91 Å². The molecular formula is C22H18F3N5O. The topological polar surface area (TPSA) is 94.7 Å². The predicted octanol–water partition coefficient (Wildman–Crippen LogP) is 3.65. The third kappa shape index (κ3) is 2.43. The number of aromatic nitrogens is 4. The monoisotopic (exact) mass is 425 g/mol. The van der Waals surface area contributed by atoms with Crippen molar-refractivity contribution in [2.75, 3.05) is 0 Å². The molecule has 0 saturated heterocycles. The predicted molar refractivity (Wildman–Crippen MR) is 104 cm³/mol. The van der Waals surface area contributed by atoms with E-state index in [1.807, 2.05) is 13.8 Å². The van der Waals surface area contributed by atoms with Crippen LogP contribution < -0.4 is 5.73 Å². The van der Waals surface area contributed by atoms with Crippen LogP contribution in [0.15, 0.2) is 30.5 Å². The average Bonchev–Trinajstić information content (AvgIpc) is 3.09. The second-order valence-corrected chi connectivity index (χ2v) is 8.60. The van der Waals surface area contributed by atoms with E-state index in [1.165, 1.54) is 6.07 Å². The second kappa shape index (κ2) is 6.32. The van der Waals surface area contributed by atoms with Crippen LogP contribution in [-0.2, 0) is 5.41 Å². The van der Waals surface area contributed by atoms with Crippen LogP contribution in [0.4, 0.5) is 13.2 Å². The Labute approximate surface area is 175 Å². The molecule has 1 saturated carbocycles. The molecule has 3 aromatic rings. The Morgan fingerprint density at radius 3 is 2.48 bits per heavy atom. The lowest BCUT2D eigenvalue weighted by molar-refractivity contribution is 0.0988. The number of rotatable bonds is 3. The molecule has 0 unspecified atom stereocenters. The molecule has 2 heterocycles. The maximum absolute atomic E-state index is 15.0. The van der Waals surface area contributed by atoms with E-state index >= 15 is 0 Å². The first kappa shape index (κ1) is 19.6. The number of benzene rings is 1. The third-order valence-corrected chi connectivity index (χ3v) is 6.97. The van der Waals surface area contributed by atoms with E-state index in [0.717, 1.165) is 23.9 Å². The molecule has 0 radical (unpaired) electrons. The van der Waals surface area contributed by atoms with Crippen LogP contribution >= 0.6 is 0 Å². The van der Waals surface area contributed by atoms with Gasteiger partial charge >= 0.3 is 0 Å². The third-order valence-electron chi connectivity index (χ3n) is 6.97. The number of nitrogens with zero attached hydrogens (tertiary/aromatic N) is 4. The van der Waals surface area contributed by atoms with Crippen LogP contribution in [0.5, 0.6) is 0 Å². The van der Waals surface area contributed by atoms with Crippen LogP contribution in [0.3, 0.4) is 0 Å². The lowest BCUT2D eigenvalue weighted by Gasteiger charge is -2.37. The minimum absolute atomic E-state index is 0.0432. The average molecular weight is 425 g/mol. The van der Waals surface area contributed by atoms with E-state index in [-0.39, 0.29) is 28.7 Å². The van der Waals surface area contributed by atoms with Crippen molar-refractivity contribution in [1.82, 2.24) is 20.2 Å². The summed E-state index contributed by atoms with van der Waals surface area (Å²) in [6.45, 7) is 3.95. The molecule has 6 nitrogen and oxygen atoms in total.